The number of rotatable bonds is 8. The van der Waals surface area contributed by atoms with E-state index in [1.165, 1.54) is 12.1 Å². The predicted molar refractivity (Wildman–Crippen MR) is 109 cm³/mol. The Bertz CT molecular complexity index is 844. The first-order valence-electron chi connectivity index (χ1n) is 9.58. The molecular formula is C22H26FN3O2. The highest BCUT2D eigenvalue weighted by molar-refractivity contribution is 5.94. The minimum atomic E-state index is -0.456. The molecule has 2 amide bonds. The second-order valence-electron chi connectivity index (χ2n) is 7.29. The fourth-order valence-corrected chi connectivity index (χ4v) is 3.23. The molecule has 2 aromatic rings. The Hall–Kier alpha value is -2.73. The van der Waals surface area contributed by atoms with Crippen LogP contribution < -0.4 is 10.6 Å². The van der Waals surface area contributed by atoms with Crippen LogP contribution in [0.3, 0.4) is 0 Å². The summed E-state index contributed by atoms with van der Waals surface area (Å²) in [6.45, 7) is 4.64. The van der Waals surface area contributed by atoms with E-state index in [-0.39, 0.29) is 30.5 Å². The van der Waals surface area contributed by atoms with Gasteiger partial charge >= 0.3 is 0 Å². The number of hydrogen-bond donors (Lipinski definition) is 2. The first-order valence-corrected chi connectivity index (χ1v) is 9.58. The van der Waals surface area contributed by atoms with E-state index in [0.717, 1.165) is 29.7 Å². The smallest absolute Gasteiger partial charge is 0.238 e. The first kappa shape index (κ1) is 20.0. The normalized spacial score (nSPS) is 13.4. The van der Waals surface area contributed by atoms with Gasteiger partial charge in [-0.15, -0.1) is 0 Å². The third kappa shape index (κ3) is 5.39. The van der Waals surface area contributed by atoms with Gasteiger partial charge in [0, 0.05) is 24.7 Å². The molecule has 1 fully saturated rings. The van der Waals surface area contributed by atoms with Crippen LogP contribution in [0.2, 0.25) is 0 Å². The molecule has 0 aliphatic heterocycles. The average Bonchev–Trinajstić information content (AvgIpc) is 3.49. The van der Waals surface area contributed by atoms with E-state index < -0.39 is 5.82 Å². The summed E-state index contributed by atoms with van der Waals surface area (Å²) in [5, 5.41) is 5.59. The Labute approximate surface area is 164 Å². The molecule has 5 nitrogen and oxygen atoms in total. The van der Waals surface area contributed by atoms with Crippen molar-refractivity contribution in [2.24, 2.45) is 0 Å². The number of hydrogen-bond acceptors (Lipinski definition) is 3. The van der Waals surface area contributed by atoms with Crippen molar-refractivity contribution in [1.82, 2.24) is 4.90 Å². The molecule has 6 heteroatoms. The van der Waals surface area contributed by atoms with Crippen LogP contribution in [-0.2, 0) is 9.59 Å². The summed E-state index contributed by atoms with van der Waals surface area (Å²) < 4.78 is 13.7. The molecule has 3 rings (SSSR count). The van der Waals surface area contributed by atoms with Gasteiger partial charge in [-0.05, 0) is 49.9 Å². The quantitative estimate of drug-likeness (QED) is 0.727. The highest BCUT2D eigenvalue weighted by Gasteiger charge is 2.30. The van der Waals surface area contributed by atoms with Crippen LogP contribution in [0.5, 0.6) is 0 Å². The molecule has 0 spiro atoms. The Morgan fingerprint density at radius 3 is 2.32 bits per heavy atom. The summed E-state index contributed by atoms with van der Waals surface area (Å²) in [6.07, 6.45) is 2.28. The first-order chi connectivity index (χ1) is 13.4. The van der Waals surface area contributed by atoms with E-state index in [1.807, 2.05) is 36.9 Å². The number of halogens is 1. The zero-order valence-electron chi connectivity index (χ0n) is 16.3. The molecule has 0 saturated heterocycles. The molecular weight excluding hydrogens is 357 g/mol. The number of nitrogens with one attached hydrogen (secondary N) is 2. The summed E-state index contributed by atoms with van der Waals surface area (Å²) in [5.41, 5.74) is 3.07. The number of amides is 2. The lowest BCUT2D eigenvalue weighted by Crippen LogP contribution is -2.37. The zero-order chi connectivity index (χ0) is 20.1. The van der Waals surface area contributed by atoms with Crippen molar-refractivity contribution < 1.29 is 14.0 Å². The molecule has 0 aromatic heterocycles. The van der Waals surface area contributed by atoms with E-state index in [9.17, 15) is 14.0 Å². The minimum absolute atomic E-state index is 0.0844. The molecule has 2 aromatic carbocycles. The van der Waals surface area contributed by atoms with Crippen LogP contribution in [0.25, 0.3) is 0 Å². The molecule has 0 heterocycles. The molecule has 0 radical (unpaired) electrons. The van der Waals surface area contributed by atoms with Gasteiger partial charge in [0.25, 0.3) is 0 Å². The van der Waals surface area contributed by atoms with Crippen molar-refractivity contribution in [2.45, 2.75) is 39.2 Å². The van der Waals surface area contributed by atoms with Crippen molar-refractivity contribution in [3.05, 3.63) is 59.4 Å². The molecule has 148 valence electrons. The lowest BCUT2D eigenvalue weighted by molar-refractivity contribution is -0.119. The fourth-order valence-electron chi connectivity index (χ4n) is 3.23. The third-order valence-corrected chi connectivity index (χ3v) is 4.93. The molecule has 1 saturated carbocycles. The summed E-state index contributed by atoms with van der Waals surface area (Å²) in [7, 11) is 0. The van der Waals surface area contributed by atoms with Crippen molar-refractivity contribution in [1.29, 1.82) is 0 Å². The molecule has 0 bridgehead atoms. The van der Waals surface area contributed by atoms with Crippen LogP contribution in [0.15, 0.2) is 42.5 Å². The molecule has 0 atom stereocenters. The SMILES string of the molecule is Cc1cccc(C)c1NC(=O)CN(CCC(=O)Nc1ccccc1F)C1CC1. The molecule has 28 heavy (non-hydrogen) atoms. The Morgan fingerprint density at radius 2 is 1.68 bits per heavy atom. The number of nitrogens with zero attached hydrogens (tertiary/aromatic N) is 1. The third-order valence-electron chi connectivity index (χ3n) is 4.93. The largest absolute Gasteiger partial charge is 0.324 e. The van der Waals surface area contributed by atoms with Gasteiger partial charge in [-0.3, -0.25) is 14.5 Å². The minimum Gasteiger partial charge on any atom is -0.324 e. The lowest BCUT2D eigenvalue weighted by atomic mass is 10.1. The average molecular weight is 383 g/mol. The number of para-hydroxylation sites is 2. The molecule has 1 aliphatic carbocycles. The Balaban J connectivity index is 1.53. The summed E-state index contributed by atoms with van der Waals surface area (Å²) in [5.74, 6) is -0.799. The molecule has 1 aliphatic rings. The Kier molecular flexibility index (Phi) is 6.41. The monoisotopic (exact) mass is 383 g/mol. The van der Waals surface area contributed by atoms with Crippen molar-refractivity contribution >= 4 is 23.2 Å². The number of benzene rings is 2. The fraction of sp³-hybridized carbons (Fsp3) is 0.364. The van der Waals surface area contributed by atoms with E-state index in [1.54, 1.807) is 12.1 Å². The summed E-state index contributed by atoms with van der Waals surface area (Å²) >= 11 is 0. The highest BCUT2D eigenvalue weighted by atomic mass is 19.1. The molecule has 0 unspecified atom stereocenters. The zero-order valence-corrected chi connectivity index (χ0v) is 16.3. The van der Waals surface area contributed by atoms with Gasteiger partial charge in [0.05, 0.1) is 12.2 Å². The van der Waals surface area contributed by atoms with Crippen LogP contribution in [0.4, 0.5) is 15.8 Å². The van der Waals surface area contributed by atoms with Crippen molar-refractivity contribution in [3.63, 3.8) is 0 Å². The van der Waals surface area contributed by atoms with E-state index >= 15 is 0 Å². The van der Waals surface area contributed by atoms with Gasteiger partial charge in [-0.2, -0.15) is 0 Å². The lowest BCUT2D eigenvalue weighted by Gasteiger charge is -2.22. The molecule has 2 N–H and O–H groups in total. The number of carbonyl (C=O) groups excluding carboxylic acids is 2. The van der Waals surface area contributed by atoms with Gasteiger partial charge in [0.15, 0.2) is 0 Å². The number of carbonyl (C=O) groups is 2. The topological polar surface area (TPSA) is 61.4 Å². The highest BCUT2D eigenvalue weighted by Crippen LogP contribution is 2.27. The van der Waals surface area contributed by atoms with Gasteiger partial charge in [0.2, 0.25) is 11.8 Å². The van der Waals surface area contributed by atoms with Crippen molar-refractivity contribution in [3.8, 4) is 0 Å². The van der Waals surface area contributed by atoms with Crippen LogP contribution in [-0.4, -0.2) is 35.8 Å². The van der Waals surface area contributed by atoms with E-state index in [0.29, 0.717) is 12.6 Å². The van der Waals surface area contributed by atoms with Crippen LogP contribution in [0, 0.1) is 19.7 Å². The van der Waals surface area contributed by atoms with Gasteiger partial charge in [-0.25, -0.2) is 4.39 Å². The second-order valence-corrected chi connectivity index (χ2v) is 7.29. The Morgan fingerprint density at radius 1 is 1.00 bits per heavy atom. The maximum atomic E-state index is 13.7. The maximum absolute atomic E-state index is 13.7. The van der Waals surface area contributed by atoms with Gasteiger partial charge < -0.3 is 10.6 Å². The van der Waals surface area contributed by atoms with Crippen molar-refractivity contribution in [2.75, 3.05) is 23.7 Å². The number of aryl methyl sites for hydroxylation is 2. The van der Waals surface area contributed by atoms with Crippen LogP contribution in [0.1, 0.15) is 30.4 Å². The standard InChI is InChI=1S/C22H26FN3O2/c1-15-6-5-7-16(2)22(15)25-21(28)14-26(17-10-11-17)13-12-20(27)24-19-9-4-3-8-18(19)23/h3-9,17H,10-14H2,1-2H3,(H,24,27)(H,25,28). The van der Waals surface area contributed by atoms with E-state index in [4.69, 9.17) is 0 Å². The summed E-state index contributed by atoms with van der Waals surface area (Å²) in [4.78, 5) is 26.7. The van der Waals surface area contributed by atoms with Gasteiger partial charge in [0.1, 0.15) is 5.82 Å². The summed E-state index contributed by atoms with van der Waals surface area (Å²) in [6, 6.07) is 12.3. The predicted octanol–water partition coefficient (Wildman–Crippen LogP) is 3.87. The number of anilines is 2. The van der Waals surface area contributed by atoms with Gasteiger partial charge in [-0.1, -0.05) is 30.3 Å². The maximum Gasteiger partial charge on any atom is 0.238 e. The second kappa shape index (κ2) is 8.97. The van der Waals surface area contributed by atoms with Crippen LogP contribution >= 0.6 is 0 Å². The van der Waals surface area contributed by atoms with E-state index in [2.05, 4.69) is 10.6 Å².